The predicted molar refractivity (Wildman–Crippen MR) is 59.4 cm³/mol. The van der Waals surface area contributed by atoms with E-state index in [1.54, 1.807) is 23.0 Å². The molecule has 0 amide bonds. The first-order chi connectivity index (χ1) is 7.72. The number of imidazole rings is 1. The summed E-state index contributed by atoms with van der Waals surface area (Å²) in [6.07, 6.45) is 1.61. The number of hydrogen-bond acceptors (Lipinski definition) is 4. The molecule has 0 aliphatic heterocycles. The predicted octanol–water partition coefficient (Wildman–Crippen LogP) is 0.408. The molecule has 0 spiro atoms. The van der Waals surface area contributed by atoms with Crippen LogP contribution in [0.3, 0.4) is 0 Å². The van der Waals surface area contributed by atoms with Gasteiger partial charge in [-0.1, -0.05) is 23.2 Å². The van der Waals surface area contributed by atoms with Gasteiger partial charge >= 0.3 is 0 Å². The van der Waals surface area contributed by atoms with Crippen molar-refractivity contribution in [1.82, 2.24) is 9.55 Å². The van der Waals surface area contributed by atoms with Crippen LogP contribution in [0.4, 0.5) is 0 Å². The molecule has 86 valence electrons. The molecule has 0 fully saturated rings. The van der Waals surface area contributed by atoms with Crippen LogP contribution in [-0.2, 0) is 23.4 Å². The normalized spacial score (nSPS) is 13.1. The Bertz CT molecular complexity index is 524. The van der Waals surface area contributed by atoms with Gasteiger partial charge in [0.05, 0.1) is 24.0 Å². The summed E-state index contributed by atoms with van der Waals surface area (Å²) in [5, 5.41) is 8.90. The van der Waals surface area contributed by atoms with Gasteiger partial charge in [-0.15, -0.1) is 0 Å². The quantitative estimate of drug-likeness (QED) is 0.784. The van der Waals surface area contributed by atoms with Crippen LogP contribution in [0.2, 0.25) is 0 Å². The van der Waals surface area contributed by atoms with Gasteiger partial charge in [-0.05, 0) is 11.6 Å². The highest BCUT2D eigenvalue weighted by Crippen LogP contribution is 2.19. The third kappa shape index (κ3) is 2.13. The lowest BCUT2D eigenvalue weighted by molar-refractivity contribution is 0.278. The lowest BCUT2D eigenvalue weighted by Crippen LogP contribution is -2.03. The summed E-state index contributed by atoms with van der Waals surface area (Å²) in [7, 11) is 0. The van der Waals surface area contributed by atoms with Crippen LogP contribution in [-0.4, -0.2) is 30.0 Å². The molecule has 0 saturated carbocycles. The highest BCUT2D eigenvalue weighted by Gasteiger charge is 2.07. The van der Waals surface area contributed by atoms with E-state index in [1.807, 2.05) is 6.07 Å². The van der Waals surface area contributed by atoms with E-state index in [1.165, 1.54) is 0 Å². The maximum atomic E-state index is 10.7. The average molecular weight is 239 g/mol. The Labute approximate surface area is 95.0 Å². The van der Waals surface area contributed by atoms with Gasteiger partial charge in [0.15, 0.2) is 0 Å². The maximum Gasteiger partial charge on any atom is 0.0959 e. The molecule has 2 aromatic rings. The number of rotatable bonds is 4. The van der Waals surface area contributed by atoms with Gasteiger partial charge < -0.3 is 14.2 Å². The summed E-state index contributed by atoms with van der Waals surface area (Å²) in [6, 6.07) is 5.36. The summed E-state index contributed by atoms with van der Waals surface area (Å²) in [5.41, 5.74) is 2.23. The first-order valence-electron chi connectivity index (χ1n) is 4.82. The van der Waals surface area contributed by atoms with Crippen LogP contribution in [0.15, 0.2) is 24.5 Å². The highest BCUT2D eigenvalue weighted by molar-refractivity contribution is 7.78. The van der Waals surface area contributed by atoms with Crippen molar-refractivity contribution < 1.29 is 13.9 Å². The lowest BCUT2D eigenvalue weighted by Gasteiger charge is -2.09. The van der Waals surface area contributed by atoms with E-state index in [9.17, 15) is 8.76 Å². The Morgan fingerprint density at radius 3 is 3.00 bits per heavy atom. The maximum absolute atomic E-state index is 10.7. The van der Waals surface area contributed by atoms with E-state index in [0.29, 0.717) is 12.1 Å². The molecule has 0 aliphatic carbocycles. The minimum atomic E-state index is -2.12. The molecular weight excluding hydrogens is 228 g/mol. The third-order valence-corrected chi connectivity index (χ3v) is 2.88. The fraction of sp³-hybridized carbons (Fsp3) is 0.300. The molecule has 0 radical (unpaired) electrons. The Morgan fingerprint density at radius 2 is 2.31 bits per heavy atom. The zero-order valence-corrected chi connectivity index (χ0v) is 9.31. The molecular formula is C10H11N2O3S-. The fourth-order valence-corrected chi connectivity index (χ4v) is 2.21. The zero-order valence-electron chi connectivity index (χ0n) is 8.50. The highest BCUT2D eigenvalue weighted by atomic mass is 32.2. The van der Waals surface area contributed by atoms with E-state index in [-0.39, 0.29) is 12.4 Å². The number of aliphatic hydroxyl groups is 1. The van der Waals surface area contributed by atoms with Crippen LogP contribution in [0.5, 0.6) is 0 Å². The number of aliphatic hydroxyl groups excluding tert-OH is 1. The molecule has 1 N–H and O–H groups in total. The molecule has 2 rings (SSSR count). The molecule has 1 unspecified atom stereocenters. The van der Waals surface area contributed by atoms with E-state index in [2.05, 4.69) is 4.98 Å². The van der Waals surface area contributed by atoms with Crippen molar-refractivity contribution in [3.05, 3.63) is 30.1 Å². The second-order valence-electron chi connectivity index (χ2n) is 3.39. The molecule has 1 atom stereocenters. The lowest BCUT2D eigenvalue weighted by atomic mass is 10.2. The van der Waals surface area contributed by atoms with Gasteiger partial charge in [-0.3, -0.25) is 4.21 Å². The molecule has 6 heteroatoms. The molecule has 0 saturated heterocycles. The van der Waals surface area contributed by atoms with Gasteiger partial charge in [0.25, 0.3) is 0 Å². The minimum absolute atomic E-state index is 0.000257. The number of fused-ring (bicyclic) bond motifs is 1. The van der Waals surface area contributed by atoms with Gasteiger partial charge in [0, 0.05) is 12.3 Å². The summed E-state index contributed by atoms with van der Waals surface area (Å²) in [5.74, 6) is -0.0333. The second-order valence-corrected chi connectivity index (χ2v) is 4.29. The van der Waals surface area contributed by atoms with Crippen molar-refractivity contribution in [3.63, 3.8) is 0 Å². The first kappa shape index (κ1) is 11.3. The van der Waals surface area contributed by atoms with E-state index in [0.717, 1.165) is 11.0 Å². The zero-order chi connectivity index (χ0) is 11.5. The van der Waals surface area contributed by atoms with Crippen molar-refractivity contribution in [3.8, 4) is 0 Å². The van der Waals surface area contributed by atoms with Crippen molar-refractivity contribution >= 4 is 22.1 Å². The molecule has 5 nitrogen and oxygen atoms in total. The van der Waals surface area contributed by atoms with Gasteiger partial charge in [0.2, 0.25) is 0 Å². The van der Waals surface area contributed by atoms with Crippen LogP contribution in [0.1, 0.15) is 5.56 Å². The van der Waals surface area contributed by atoms with Crippen molar-refractivity contribution in [1.29, 1.82) is 0 Å². The Balaban J connectivity index is 2.54. The monoisotopic (exact) mass is 239 g/mol. The van der Waals surface area contributed by atoms with Crippen LogP contribution < -0.4 is 0 Å². The Hall–Kier alpha value is -1.24. The third-order valence-electron chi connectivity index (χ3n) is 2.34. The summed E-state index contributed by atoms with van der Waals surface area (Å²) in [6.45, 7) is 0.416. The largest absolute Gasteiger partial charge is 0.772 e. The molecule has 0 bridgehead atoms. The smallest absolute Gasteiger partial charge is 0.0959 e. The van der Waals surface area contributed by atoms with Gasteiger partial charge in [0.1, 0.15) is 0 Å². The van der Waals surface area contributed by atoms with Crippen LogP contribution in [0.25, 0.3) is 11.0 Å². The SMILES string of the molecule is O=S([O-])Cc1cccc2ncn(CCO)c12. The molecule has 1 aromatic carbocycles. The first-order valence-corrected chi connectivity index (χ1v) is 6.06. The summed E-state index contributed by atoms with van der Waals surface area (Å²) in [4.78, 5) is 4.16. The van der Waals surface area contributed by atoms with E-state index in [4.69, 9.17) is 5.11 Å². The molecule has 1 aromatic heterocycles. The van der Waals surface area contributed by atoms with Gasteiger partial charge in [-0.25, -0.2) is 4.98 Å². The molecule has 0 aliphatic rings. The number of benzene rings is 1. The van der Waals surface area contributed by atoms with E-state index >= 15 is 0 Å². The topological polar surface area (TPSA) is 78.2 Å². The molecule has 16 heavy (non-hydrogen) atoms. The van der Waals surface area contributed by atoms with Crippen molar-refractivity contribution in [2.45, 2.75) is 12.3 Å². The van der Waals surface area contributed by atoms with Crippen molar-refractivity contribution in [2.75, 3.05) is 6.61 Å². The fourth-order valence-electron chi connectivity index (χ4n) is 1.72. The van der Waals surface area contributed by atoms with Crippen LogP contribution >= 0.6 is 0 Å². The number of hydrogen-bond donors (Lipinski definition) is 1. The minimum Gasteiger partial charge on any atom is -0.772 e. The number of para-hydroxylation sites is 1. The van der Waals surface area contributed by atoms with Gasteiger partial charge in [-0.2, -0.15) is 0 Å². The summed E-state index contributed by atoms with van der Waals surface area (Å²) < 4.78 is 23.2. The number of aromatic nitrogens is 2. The van der Waals surface area contributed by atoms with Crippen molar-refractivity contribution in [2.24, 2.45) is 0 Å². The average Bonchev–Trinajstić information content (AvgIpc) is 2.62. The Morgan fingerprint density at radius 1 is 1.50 bits per heavy atom. The number of nitrogens with zero attached hydrogens (tertiary/aromatic N) is 2. The molecule has 1 heterocycles. The van der Waals surface area contributed by atoms with Crippen LogP contribution in [0, 0.1) is 0 Å². The summed E-state index contributed by atoms with van der Waals surface area (Å²) >= 11 is -2.12. The van der Waals surface area contributed by atoms with E-state index < -0.39 is 11.1 Å². The Kier molecular flexibility index (Phi) is 3.33. The standard InChI is InChI=1S/C10H12N2O3S/c13-5-4-12-7-11-9-3-1-2-8(10(9)12)6-16(14)15/h1-3,7,13H,4-6H2,(H,14,15)/p-1. The second kappa shape index (κ2) is 4.73.